The van der Waals surface area contributed by atoms with E-state index in [1.54, 1.807) is 7.05 Å². The molecule has 1 aliphatic carbocycles. The highest BCUT2D eigenvalue weighted by atomic mass is 19.4. The van der Waals surface area contributed by atoms with Gasteiger partial charge in [0.05, 0.1) is 0 Å². The second-order valence-corrected chi connectivity index (χ2v) is 3.72. The zero-order chi connectivity index (χ0) is 11.8. The van der Waals surface area contributed by atoms with Gasteiger partial charge in [0.1, 0.15) is 11.4 Å². The van der Waals surface area contributed by atoms with Crippen molar-refractivity contribution in [3.05, 3.63) is 12.3 Å². The second kappa shape index (κ2) is 3.50. The fourth-order valence-corrected chi connectivity index (χ4v) is 1.40. The van der Waals surface area contributed by atoms with E-state index in [9.17, 15) is 13.2 Å². The zero-order valence-corrected chi connectivity index (χ0v) is 8.60. The molecule has 7 heteroatoms. The van der Waals surface area contributed by atoms with Crippen LogP contribution in [-0.4, -0.2) is 28.7 Å². The van der Waals surface area contributed by atoms with E-state index in [2.05, 4.69) is 20.6 Å². The molecule has 1 aromatic heterocycles. The van der Waals surface area contributed by atoms with Crippen LogP contribution >= 0.6 is 0 Å². The van der Waals surface area contributed by atoms with Crippen LogP contribution in [0.3, 0.4) is 0 Å². The van der Waals surface area contributed by atoms with E-state index in [1.807, 2.05) is 0 Å². The summed E-state index contributed by atoms with van der Waals surface area (Å²) < 4.78 is 37.9. The third kappa shape index (κ3) is 1.89. The molecule has 1 aromatic rings. The summed E-state index contributed by atoms with van der Waals surface area (Å²) >= 11 is 0. The first-order chi connectivity index (χ1) is 7.47. The van der Waals surface area contributed by atoms with Crippen LogP contribution in [-0.2, 0) is 0 Å². The molecule has 16 heavy (non-hydrogen) atoms. The van der Waals surface area contributed by atoms with Gasteiger partial charge < -0.3 is 10.6 Å². The second-order valence-electron chi connectivity index (χ2n) is 3.72. The van der Waals surface area contributed by atoms with Crippen molar-refractivity contribution in [1.82, 2.24) is 9.97 Å². The third-order valence-electron chi connectivity index (χ3n) is 2.54. The Kier molecular flexibility index (Phi) is 2.40. The third-order valence-corrected chi connectivity index (χ3v) is 2.54. The summed E-state index contributed by atoms with van der Waals surface area (Å²) in [5.74, 6) is 0.483. The molecule has 0 spiro atoms. The van der Waals surface area contributed by atoms with Gasteiger partial charge in [0, 0.05) is 13.2 Å². The quantitative estimate of drug-likeness (QED) is 0.837. The van der Waals surface area contributed by atoms with Crippen molar-refractivity contribution in [1.29, 1.82) is 0 Å². The molecule has 88 valence electrons. The highest BCUT2D eigenvalue weighted by molar-refractivity contribution is 5.44. The van der Waals surface area contributed by atoms with Crippen molar-refractivity contribution in [2.24, 2.45) is 0 Å². The number of nitrogens with zero attached hydrogens (tertiary/aromatic N) is 2. The van der Waals surface area contributed by atoms with Gasteiger partial charge in [-0.15, -0.1) is 0 Å². The van der Waals surface area contributed by atoms with Gasteiger partial charge >= 0.3 is 6.18 Å². The fraction of sp³-hybridized carbons (Fsp3) is 0.556. The van der Waals surface area contributed by atoms with Crippen LogP contribution in [0.15, 0.2) is 12.3 Å². The molecular weight excluding hydrogens is 221 g/mol. The van der Waals surface area contributed by atoms with Gasteiger partial charge in [-0.2, -0.15) is 18.2 Å². The van der Waals surface area contributed by atoms with Crippen LogP contribution in [0.4, 0.5) is 24.9 Å². The first-order valence-corrected chi connectivity index (χ1v) is 4.83. The zero-order valence-electron chi connectivity index (χ0n) is 8.60. The first-order valence-electron chi connectivity index (χ1n) is 4.83. The lowest BCUT2D eigenvalue weighted by Gasteiger charge is -2.21. The Morgan fingerprint density at radius 1 is 1.38 bits per heavy atom. The van der Waals surface area contributed by atoms with E-state index in [-0.39, 0.29) is 18.7 Å². The van der Waals surface area contributed by atoms with Crippen molar-refractivity contribution < 1.29 is 13.2 Å². The summed E-state index contributed by atoms with van der Waals surface area (Å²) in [6.45, 7) is 0. The van der Waals surface area contributed by atoms with E-state index in [0.717, 1.165) is 0 Å². The average Bonchev–Trinajstić information content (AvgIpc) is 2.98. The van der Waals surface area contributed by atoms with E-state index < -0.39 is 11.7 Å². The molecule has 2 rings (SSSR count). The Morgan fingerprint density at radius 3 is 2.56 bits per heavy atom. The molecule has 4 nitrogen and oxygen atoms in total. The van der Waals surface area contributed by atoms with E-state index >= 15 is 0 Å². The molecule has 1 heterocycles. The number of aromatic nitrogens is 2. The Labute approximate surface area is 90.3 Å². The highest BCUT2D eigenvalue weighted by Crippen LogP contribution is 2.50. The largest absolute Gasteiger partial charge is 0.411 e. The topological polar surface area (TPSA) is 49.8 Å². The number of alkyl halides is 3. The lowest BCUT2D eigenvalue weighted by atomic mass is 10.2. The molecule has 1 fully saturated rings. The van der Waals surface area contributed by atoms with Gasteiger partial charge in [-0.25, -0.2) is 4.98 Å². The van der Waals surface area contributed by atoms with E-state index in [0.29, 0.717) is 5.95 Å². The van der Waals surface area contributed by atoms with Crippen molar-refractivity contribution in [2.45, 2.75) is 24.6 Å². The van der Waals surface area contributed by atoms with E-state index in [4.69, 9.17) is 0 Å². The maximum absolute atomic E-state index is 12.6. The van der Waals surface area contributed by atoms with E-state index in [1.165, 1.54) is 12.3 Å². The average molecular weight is 232 g/mol. The van der Waals surface area contributed by atoms with Gasteiger partial charge in [-0.05, 0) is 18.9 Å². The molecule has 0 aliphatic heterocycles. The minimum Gasteiger partial charge on any atom is -0.357 e. The standard InChI is InChI=1S/C9H11F3N4/c1-13-7-14-5-2-6(15-7)16-8(3-4-8)9(10,11)12/h2,5H,3-4H2,1H3,(H2,13,14,15,16). The van der Waals surface area contributed by atoms with Gasteiger partial charge in [-0.1, -0.05) is 0 Å². The lowest BCUT2D eigenvalue weighted by Crippen LogP contribution is -2.38. The Hall–Kier alpha value is -1.53. The lowest BCUT2D eigenvalue weighted by molar-refractivity contribution is -0.151. The Bertz CT molecular complexity index is 387. The number of nitrogens with one attached hydrogen (secondary N) is 2. The van der Waals surface area contributed by atoms with Crippen LogP contribution in [0.5, 0.6) is 0 Å². The van der Waals surface area contributed by atoms with Crippen molar-refractivity contribution >= 4 is 11.8 Å². The van der Waals surface area contributed by atoms with Crippen molar-refractivity contribution in [2.75, 3.05) is 17.7 Å². The maximum atomic E-state index is 12.6. The number of hydrogen-bond donors (Lipinski definition) is 2. The molecular formula is C9H11F3N4. The summed E-state index contributed by atoms with van der Waals surface area (Å²) in [5, 5.41) is 5.10. The predicted molar refractivity (Wildman–Crippen MR) is 53.2 cm³/mol. The summed E-state index contributed by atoms with van der Waals surface area (Å²) in [5.41, 5.74) is -1.79. The van der Waals surface area contributed by atoms with Gasteiger partial charge in [0.25, 0.3) is 0 Å². The predicted octanol–water partition coefficient (Wildman–Crippen LogP) is 2.03. The molecule has 0 unspecified atom stereocenters. The monoisotopic (exact) mass is 232 g/mol. The minimum absolute atomic E-state index is 0.0926. The molecule has 1 aliphatic rings. The van der Waals surface area contributed by atoms with Crippen LogP contribution < -0.4 is 10.6 Å². The Balaban J connectivity index is 2.15. The molecule has 0 aromatic carbocycles. The molecule has 0 saturated heterocycles. The molecule has 0 radical (unpaired) electrons. The highest BCUT2D eigenvalue weighted by Gasteiger charge is 2.63. The molecule has 2 N–H and O–H groups in total. The van der Waals surface area contributed by atoms with Crippen molar-refractivity contribution in [3.63, 3.8) is 0 Å². The van der Waals surface area contributed by atoms with Crippen molar-refractivity contribution in [3.8, 4) is 0 Å². The van der Waals surface area contributed by atoms with Crippen LogP contribution in [0.25, 0.3) is 0 Å². The van der Waals surface area contributed by atoms with Gasteiger partial charge in [-0.3, -0.25) is 0 Å². The fourth-order valence-electron chi connectivity index (χ4n) is 1.40. The maximum Gasteiger partial charge on any atom is 0.411 e. The molecule has 0 atom stereocenters. The molecule has 1 saturated carbocycles. The van der Waals surface area contributed by atoms with Crippen LogP contribution in [0, 0.1) is 0 Å². The first kappa shape index (κ1) is 11.0. The summed E-state index contributed by atoms with van der Waals surface area (Å²) in [7, 11) is 1.61. The van der Waals surface area contributed by atoms with Crippen LogP contribution in [0.2, 0.25) is 0 Å². The summed E-state index contributed by atoms with van der Waals surface area (Å²) in [6, 6.07) is 1.42. The SMILES string of the molecule is CNc1nccc(NC2(C(F)(F)F)CC2)n1. The Morgan fingerprint density at radius 2 is 2.06 bits per heavy atom. The van der Waals surface area contributed by atoms with Gasteiger partial charge in [0.15, 0.2) is 0 Å². The minimum atomic E-state index is -4.24. The molecule has 0 bridgehead atoms. The number of halogens is 3. The van der Waals surface area contributed by atoms with Gasteiger partial charge in [0.2, 0.25) is 5.95 Å². The number of hydrogen-bond acceptors (Lipinski definition) is 4. The smallest absolute Gasteiger partial charge is 0.357 e. The summed E-state index contributed by atoms with van der Waals surface area (Å²) in [6.07, 6.45) is -2.64. The molecule has 0 amide bonds. The van der Waals surface area contributed by atoms with Crippen LogP contribution in [0.1, 0.15) is 12.8 Å². The number of anilines is 2. The summed E-state index contributed by atoms with van der Waals surface area (Å²) in [4.78, 5) is 7.72. The normalized spacial score (nSPS) is 18.0. The number of rotatable bonds is 3.